The fraction of sp³-hybridized carbons (Fsp3) is 0.583. The highest BCUT2D eigenvalue weighted by Crippen LogP contribution is 2.21. The highest BCUT2D eigenvalue weighted by Gasteiger charge is 2.28. The minimum atomic E-state index is -0.719. The van der Waals surface area contributed by atoms with Gasteiger partial charge in [0.25, 0.3) is 0 Å². The molecule has 1 saturated heterocycles. The average molecular weight is 235 g/mol. The second-order valence-electron chi connectivity index (χ2n) is 4.40. The van der Waals surface area contributed by atoms with Gasteiger partial charge in [0, 0.05) is 13.1 Å². The molecule has 5 heteroatoms. The van der Waals surface area contributed by atoms with Gasteiger partial charge in [-0.15, -0.1) is 5.10 Å². The molecule has 5 nitrogen and oxygen atoms in total. The van der Waals surface area contributed by atoms with Crippen molar-refractivity contribution in [3.63, 3.8) is 0 Å². The molecule has 1 aromatic rings. The molecule has 0 saturated carbocycles. The SMILES string of the molecule is CCCc1ccc(N2CCC(C(=O)O)C2)nn1. The minimum absolute atomic E-state index is 0.271. The van der Waals surface area contributed by atoms with Crippen molar-refractivity contribution < 1.29 is 9.90 Å². The lowest BCUT2D eigenvalue weighted by Crippen LogP contribution is -2.23. The first kappa shape index (κ1) is 11.8. The summed E-state index contributed by atoms with van der Waals surface area (Å²) in [6.07, 6.45) is 2.68. The van der Waals surface area contributed by atoms with Crippen LogP contribution in [0.3, 0.4) is 0 Å². The maximum atomic E-state index is 10.9. The van der Waals surface area contributed by atoms with Crippen molar-refractivity contribution in [2.45, 2.75) is 26.2 Å². The second kappa shape index (κ2) is 5.12. The number of nitrogens with zero attached hydrogens (tertiary/aromatic N) is 3. The molecular weight excluding hydrogens is 218 g/mol. The van der Waals surface area contributed by atoms with Crippen molar-refractivity contribution in [1.82, 2.24) is 10.2 Å². The minimum Gasteiger partial charge on any atom is -0.481 e. The molecule has 2 heterocycles. The molecule has 2 rings (SSSR count). The Bertz CT molecular complexity index is 391. The van der Waals surface area contributed by atoms with E-state index < -0.39 is 5.97 Å². The number of carbonyl (C=O) groups is 1. The van der Waals surface area contributed by atoms with Gasteiger partial charge in [0.15, 0.2) is 5.82 Å². The molecule has 0 aliphatic carbocycles. The summed E-state index contributed by atoms with van der Waals surface area (Å²) in [5.74, 6) is -0.205. The number of anilines is 1. The van der Waals surface area contributed by atoms with Crippen LogP contribution in [0.1, 0.15) is 25.5 Å². The van der Waals surface area contributed by atoms with Crippen molar-refractivity contribution in [3.05, 3.63) is 17.8 Å². The van der Waals surface area contributed by atoms with Gasteiger partial charge in [-0.2, -0.15) is 5.10 Å². The van der Waals surface area contributed by atoms with Crippen LogP contribution < -0.4 is 4.90 Å². The third-order valence-corrected chi connectivity index (χ3v) is 3.07. The van der Waals surface area contributed by atoms with E-state index in [1.165, 1.54) is 0 Å². The van der Waals surface area contributed by atoms with Crippen molar-refractivity contribution >= 4 is 11.8 Å². The first-order chi connectivity index (χ1) is 8.20. The molecule has 17 heavy (non-hydrogen) atoms. The largest absolute Gasteiger partial charge is 0.481 e. The summed E-state index contributed by atoms with van der Waals surface area (Å²) < 4.78 is 0. The number of hydrogen-bond donors (Lipinski definition) is 1. The van der Waals surface area contributed by atoms with E-state index in [9.17, 15) is 4.79 Å². The van der Waals surface area contributed by atoms with Gasteiger partial charge in [0.2, 0.25) is 0 Å². The molecule has 1 fully saturated rings. The molecule has 1 aliphatic heterocycles. The van der Waals surface area contributed by atoms with E-state index >= 15 is 0 Å². The number of rotatable bonds is 4. The van der Waals surface area contributed by atoms with Gasteiger partial charge >= 0.3 is 5.97 Å². The van der Waals surface area contributed by atoms with Crippen LogP contribution in [0.2, 0.25) is 0 Å². The average Bonchev–Trinajstić information content (AvgIpc) is 2.80. The lowest BCUT2D eigenvalue weighted by Gasteiger charge is -2.15. The first-order valence-corrected chi connectivity index (χ1v) is 6.01. The standard InChI is InChI=1S/C12H17N3O2/c1-2-3-10-4-5-11(14-13-10)15-7-6-9(8-15)12(16)17/h4-5,9H,2-3,6-8H2,1H3,(H,16,17). The van der Waals surface area contributed by atoms with Crippen molar-refractivity contribution in [2.24, 2.45) is 5.92 Å². The highest BCUT2D eigenvalue weighted by molar-refractivity contribution is 5.71. The monoisotopic (exact) mass is 235 g/mol. The lowest BCUT2D eigenvalue weighted by atomic mass is 10.1. The Labute approximate surface area is 100 Å². The van der Waals surface area contributed by atoms with Gasteiger partial charge in [0.05, 0.1) is 11.6 Å². The predicted molar refractivity (Wildman–Crippen MR) is 64.0 cm³/mol. The summed E-state index contributed by atoms with van der Waals surface area (Å²) in [6, 6.07) is 3.90. The van der Waals surface area contributed by atoms with E-state index in [2.05, 4.69) is 17.1 Å². The number of aromatic nitrogens is 2. The number of carboxylic acids is 1. The van der Waals surface area contributed by atoms with Gasteiger partial charge in [-0.05, 0) is 25.0 Å². The molecular formula is C12H17N3O2. The Morgan fingerprint density at radius 2 is 2.35 bits per heavy atom. The smallest absolute Gasteiger partial charge is 0.308 e. The topological polar surface area (TPSA) is 66.3 Å². The van der Waals surface area contributed by atoms with Crippen molar-refractivity contribution in [3.8, 4) is 0 Å². The van der Waals surface area contributed by atoms with Crippen LogP contribution in [0.25, 0.3) is 0 Å². The van der Waals surface area contributed by atoms with E-state index in [1.54, 1.807) is 0 Å². The van der Waals surface area contributed by atoms with Crippen LogP contribution in [0.5, 0.6) is 0 Å². The number of aryl methyl sites for hydroxylation is 1. The van der Waals surface area contributed by atoms with Crippen LogP contribution in [-0.2, 0) is 11.2 Å². The second-order valence-corrected chi connectivity index (χ2v) is 4.40. The summed E-state index contributed by atoms with van der Waals surface area (Å²) >= 11 is 0. The lowest BCUT2D eigenvalue weighted by molar-refractivity contribution is -0.140. The zero-order valence-corrected chi connectivity index (χ0v) is 9.96. The van der Waals surface area contributed by atoms with Crippen LogP contribution in [0.15, 0.2) is 12.1 Å². The normalized spacial score (nSPS) is 19.6. The molecule has 0 radical (unpaired) electrons. The van der Waals surface area contributed by atoms with E-state index in [0.717, 1.165) is 30.9 Å². The molecule has 1 aliphatic rings. The Kier molecular flexibility index (Phi) is 3.56. The number of carboxylic acid groups (broad SMARTS) is 1. The van der Waals surface area contributed by atoms with Crippen LogP contribution in [0.4, 0.5) is 5.82 Å². The molecule has 1 atom stereocenters. The molecule has 1 N–H and O–H groups in total. The molecule has 0 bridgehead atoms. The van der Waals surface area contributed by atoms with Crippen LogP contribution >= 0.6 is 0 Å². The molecule has 1 unspecified atom stereocenters. The fourth-order valence-corrected chi connectivity index (χ4v) is 2.08. The Balaban J connectivity index is 2.01. The molecule has 0 amide bonds. The summed E-state index contributed by atoms with van der Waals surface area (Å²) in [4.78, 5) is 12.8. The van der Waals surface area contributed by atoms with E-state index in [1.807, 2.05) is 17.0 Å². The third kappa shape index (κ3) is 2.72. The fourth-order valence-electron chi connectivity index (χ4n) is 2.08. The van der Waals surface area contributed by atoms with Gasteiger partial charge in [-0.25, -0.2) is 0 Å². The first-order valence-electron chi connectivity index (χ1n) is 6.01. The van der Waals surface area contributed by atoms with E-state index in [-0.39, 0.29) is 5.92 Å². The Morgan fingerprint density at radius 1 is 1.53 bits per heavy atom. The Morgan fingerprint density at radius 3 is 2.88 bits per heavy atom. The zero-order chi connectivity index (χ0) is 12.3. The van der Waals surface area contributed by atoms with Gasteiger partial charge in [0.1, 0.15) is 0 Å². The number of aliphatic carboxylic acids is 1. The van der Waals surface area contributed by atoms with E-state index in [0.29, 0.717) is 13.0 Å². The van der Waals surface area contributed by atoms with Gasteiger partial charge < -0.3 is 10.0 Å². The number of hydrogen-bond acceptors (Lipinski definition) is 4. The van der Waals surface area contributed by atoms with Crippen molar-refractivity contribution in [2.75, 3.05) is 18.0 Å². The van der Waals surface area contributed by atoms with Crippen molar-refractivity contribution in [1.29, 1.82) is 0 Å². The van der Waals surface area contributed by atoms with Gasteiger partial charge in [-0.3, -0.25) is 4.79 Å². The molecule has 92 valence electrons. The summed E-state index contributed by atoms with van der Waals surface area (Å²) in [5.41, 5.74) is 0.991. The zero-order valence-electron chi connectivity index (χ0n) is 9.96. The maximum absolute atomic E-state index is 10.9. The molecule has 1 aromatic heterocycles. The predicted octanol–water partition coefficient (Wildman–Crippen LogP) is 1.34. The quantitative estimate of drug-likeness (QED) is 0.853. The summed E-state index contributed by atoms with van der Waals surface area (Å²) in [5, 5.41) is 17.2. The summed E-state index contributed by atoms with van der Waals surface area (Å²) in [6.45, 7) is 3.39. The third-order valence-electron chi connectivity index (χ3n) is 3.07. The maximum Gasteiger partial charge on any atom is 0.308 e. The van der Waals surface area contributed by atoms with Crippen LogP contribution in [-0.4, -0.2) is 34.4 Å². The Hall–Kier alpha value is -1.65. The van der Waals surface area contributed by atoms with Crippen LogP contribution in [0, 0.1) is 5.92 Å². The highest BCUT2D eigenvalue weighted by atomic mass is 16.4. The summed E-state index contributed by atoms with van der Waals surface area (Å²) in [7, 11) is 0. The molecule has 0 aromatic carbocycles. The van der Waals surface area contributed by atoms with E-state index in [4.69, 9.17) is 5.11 Å². The molecule has 0 spiro atoms. The van der Waals surface area contributed by atoms with Gasteiger partial charge in [-0.1, -0.05) is 13.3 Å².